The van der Waals surface area contributed by atoms with E-state index in [0.29, 0.717) is 19.8 Å². The van der Waals surface area contributed by atoms with E-state index >= 15 is 0 Å². The molecule has 0 bridgehead atoms. The van der Waals surface area contributed by atoms with Crippen molar-refractivity contribution in [3.63, 3.8) is 0 Å². The molecule has 0 aromatic heterocycles. The molecule has 0 fully saturated rings. The topological polar surface area (TPSA) is 158 Å². The fraction of sp³-hybridized carbons (Fsp3) is 0.900. The molecule has 3 unspecified atom stereocenters. The van der Waals surface area contributed by atoms with Crippen molar-refractivity contribution in [2.45, 2.75) is 328 Å². The monoisotopic (exact) mass is 1360 g/mol. The van der Waals surface area contributed by atoms with Crippen LogP contribution in [0.3, 0.4) is 0 Å². The van der Waals surface area contributed by atoms with E-state index in [1.807, 2.05) is 0 Å². The molecule has 0 aliphatic carbocycles. The van der Waals surface area contributed by atoms with Crippen LogP contribution in [0.5, 0.6) is 0 Å². The third-order valence-electron chi connectivity index (χ3n) is 13.1. The Morgan fingerprint density at radius 1 is 0.276 bits per heavy atom. The zero-order chi connectivity index (χ0) is 56.3. The maximum absolute atomic E-state index is 10.7. The Hall–Kier alpha value is -0.0397. The normalized spacial score (nSPS) is 11.9. The van der Waals surface area contributed by atoms with Crippen molar-refractivity contribution in [2.75, 3.05) is 19.8 Å². The number of aliphatic hydroxyl groups excluding tert-OH is 3. The zero-order valence-electron chi connectivity index (χ0n) is 48.2. The average Bonchev–Trinajstić information content (AvgIpc) is 3.37. The molecular weight excluding hydrogens is 1250 g/mol. The van der Waals surface area contributed by atoms with Crippen LogP contribution in [0, 0.1) is 0 Å². The standard InChI is InChI=1S/3C20H38O3S2.Au/c3*1-2-3-4-5-6-7-8-9-10-11-12-13-14-15-16-23-20(25)18(21)17-19(22)24;/h3*18,21H,2-17H2,1H3,(H,22,24);/q;;;+3/p-3. The van der Waals surface area contributed by atoms with Crippen LogP contribution in [0.2, 0.25) is 0 Å². The minimum atomic E-state index is -1.04. The molecule has 0 spiro atoms. The van der Waals surface area contributed by atoms with Crippen molar-refractivity contribution in [2.24, 2.45) is 0 Å². The third-order valence-corrected chi connectivity index (χ3v) is 14.8. The quantitative estimate of drug-likeness (QED) is 0.0300. The summed E-state index contributed by atoms with van der Waals surface area (Å²) in [4.78, 5) is 0. The van der Waals surface area contributed by atoms with E-state index < -0.39 is 33.5 Å². The first kappa shape index (κ1) is 82.4. The molecule has 3 N–H and O–H groups in total. The van der Waals surface area contributed by atoms with Crippen molar-refractivity contribution in [1.29, 1.82) is 0 Å². The predicted molar refractivity (Wildman–Crippen MR) is 336 cm³/mol. The molecule has 0 saturated heterocycles. The van der Waals surface area contributed by atoms with E-state index in [0.717, 1.165) is 38.5 Å². The first-order valence-electron chi connectivity index (χ1n) is 30.4. The third kappa shape index (κ3) is 70.1. The second-order valence-electron chi connectivity index (χ2n) is 20.6. The van der Waals surface area contributed by atoms with Crippen molar-refractivity contribution in [3.8, 4) is 0 Å². The van der Waals surface area contributed by atoms with E-state index in [9.17, 15) is 30.6 Å². The Kier molecular flexibility index (Phi) is 73.2. The van der Waals surface area contributed by atoms with Crippen molar-refractivity contribution in [1.82, 2.24) is 0 Å². The van der Waals surface area contributed by atoms with Gasteiger partial charge in [0.2, 0.25) is 0 Å². The molecule has 0 aromatic rings. The molecule has 76 heavy (non-hydrogen) atoms. The van der Waals surface area contributed by atoms with E-state index in [4.69, 9.17) is 50.9 Å². The van der Waals surface area contributed by atoms with Crippen LogP contribution >= 0.6 is 73.3 Å². The Balaban J connectivity index is -0.000000508. The Labute approximate surface area is 514 Å². The molecule has 0 saturated carbocycles. The first-order valence-corrected chi connectivity index (χ1v) is 32.8. The number of thiocarbonyl (C=S) groups is 6. The molecule has 0 rings (SSSR count). The summed E-state index contributed by atoms with van der Waals surface area (Å²) in [6.45, 7) is 8.33. The van der Waals surface area contributed by atoms with Crippen molar-refractivity contribution in [3.05, 3.63) is 0 Å². The first-order chi connectivity index (χ1) is 36.2. The van der Waals surface area contributed by atoms with Crippen LogP contribution in [0.25, 0.3) is 0 Å². The van der Waals surface area contributed by atoms with Gasteiger partial charge in [0.05, 0.1) is 19.8 Å². The fourth-order valence-electron chi connectivity index (χ4n) is 8.42. The summed E-state index contributed by atoms with van der Waals surface area (Å²) in [7, 11) is 0. The minimum absolute atomic E-state index is 0. The SMILES string of the molecule is CCCCCCCCCCCCCCCCOC(=S)C(O)CC([O-])=S.CCCCCCCCCCCCCCCCOC(=S)C(O)CC([O-])=S.CCCCCCCCCCCCCCCCOC(=S)C(O)CC([O-])=S.[Au+3]. The summed E-state index contributed by atoms with van der Waals surface area (Å²) in [5.74, 6) is 0. The van der Waals surface area contributed by atoms with Gasteiger partial charge in [0.1, 0.15) is 18.3 Å². The second-order valence-corrected chi connectivity index (χ2v) is 23.1. The maximum Gasteiger partial charge on any atom is 3.00 e. The van der Waals surface area contributed by atoms with Gasteiger partial charge in [-0.15, -0.1) is 36.7 Å². The summed E-state index contributed by atoms with van der Waals surface area (Å²) in [6.07, 6.45) is 51.7. The van der Waals surface area contributed by atoms with Crippen LogP contribution in [-0.2, 0) is 36.6 Å². The summed E-state index contributed by atoms with van der Waals surface area (Å²) in [5.41, 5.74) is 0. The number of unbranched alkanes of at least 4 members (excludes halogenated alkanes) is 39. The van der Waals surface area contributed by atoms with Gasteiger partial charge in [0, 0.05) is 19.3 Å². The van der Waals surface area contributed by atoms with Crippen LogP contribution in [0.15, 0.2) is 0 Å². The maximum atomic E-state index is 10.7. The average molecular weight is 1370 g/mol. The second kappa shape index (κ2) is 67.5. The van der Waals surface area contributed by atoms with Gasteiger partial charge in [-0.25, -0.2) is 0 Å². The van der Waals surface area contributed by atoms with Crippen molar-refractivity contribution >= 4 is 104 Å². The number of rotatable bonds is 54. The molecule has 0 aliphatic heterocycles. The molecule has 0 heterocycles. The Morgan fingerprint density at radius 3 is 0.539 bits per heavy atom. The van der Waals surface area contributed by atoms with E-state index in [1.165, 1.54) is 231 Å². The van der Waals surface area contributed by atoms with Crippen LogP contribution in [0.1, 0.15) is 310 Å². The number of hydrogen-bond donors (Lipinski definition) is 3. The summed E-state index contributed by atoms with van der Waals surface area (Å²) < 4.78 is 15.9. The van der Waals surface area contributed by atoms with Gasteiger partial charge in [-0.1, -0.05) is 286 Å². The van der Waals surface area contributed by atoms with Crippen LogP contribution in [0.4, 0.5) is 0 Å². The number of ether oxygens (including phenoxy) is 3. The molecule has 9 nitrogen and oxygen atoms in total. The van der Waals surface area contributed by atoms with Gasteiger partial charge in [0.15, 0.2) is 15.2 Å². The van der Waals surface area contributed by atoms with Crippen molar-refractivity contribution < 1.29 is 67.2 Å². The molecule has 16 heteroatoms. The van der Waals surface area contributed by atoms with Crippen LogP contribution in [-0.4, -0.2) is 83.8 Å². The number of hydrogen-bond acceptors (Lipinski definition) is 15. The molecule has 0 aliphatic rings. The van der Waals surface area contributed by atoms with Gasteiger partial charge in [-0.2, -0.15) is 0 Å². The van der Waals surface area contributed by atoms with Gasteiger partial charge in [-0.05, 0) is 55.9 Å². The summed E-state index contributed by atoms with van der Waals surface area (Å²) >= 11 is 28.0. The largest absolute Gasteiger partial charge is 3.00 e. The summed E-state index contributed by atoms with van der Waals surface area (Å²) in [5, 5.41) is 59.6. The van der Waals surface area contributed by atoms with Gasteiger partial charge < -0.3 is 44.8 Å². The van der Waals surface area contributed by atoms with E-state index in [-0.39, 0.29) is 56.8 Å². The molecule has 0 radical (unpaired) electrons. The van der Waals surface area contributed by atoms with Gasteiger partial charge in [0.25, 0.3) is 0 Å². The van der Waals surface area contributed by atoms with Gasteiger partial charge >= 0.3 is 22.4 Å². The van der Waals surface area contributed by atoms with E-state index in [1.54, 1.807) is 0 Å². The Morgan fingerprint density at radius 2 is 0.408 bits per heavy atom. The predicted octanol–water partition coefficient (Wildman–Crippen LogP) is 15.7. The molecular formula is C60H111AuO9S6. The molecule has 3 atom stereocenters. The smallest absolute Gasteiger partial charge is 0.867 e. The Bertz CT molecular complexity index is 1160. The van der Waals surface area contributed by atoms with E-state index in [2.05, 4.69) is 57.4 Å². The van der Waals surface area contributed by atoms with Crippen LogP contribution < -0.4 is 15.3 Å². The minimum Gasteiger partial charge on any atom is -0.867 e. The summed E-state index contributed by atoms with van der Waals surface area (Å²) in [6, 6.07) is 0. The number of aliphatic hydroxyl groups is 3. The zero-order valence-corrected chi connectivity index (χ0v) is 55.3. The fourth-order valence-corrected chi connectivity index (χ4v) is 9.39. The molecule has 0 aromatic carbocycles. The molecule has 0 amide bonds. The van der Waals surface area contributed by atoms with Gasteiger partial charge in [-0.3, -0.25) is 0 Å². The molecule has 452 valence electrons.